The molecule has 1 atom stereocenters. The minimum absolute atomic E-state index is 0.000304. The molecular weight excluding hydrogens is 380 g/mol. The van der Waals surface area contributed by atoms with Gasteiger partial charge in [-0.15, -0.1) is 0 Å². The Morgan fingerprint density at radius 2 is 1.30 bits per heavy atom. The van der Waals surface area contributed by atoms with E-state index in [4.69, 9.17) is 0 Å². The summed E-state index contributed by atoms with van der Waals surface area (Å²) in [7, 11) is -8.39. The van der Waals surface area contributed by atoms with Gasteiger partial charge in [-0.1, -0.05) is 60.7 Å². The quantitative estimate of drug-likeness (QED) is 0.704. The zero-order chi connectivity index (χ0) is 19.9. The Balaban J connectivity index is 2.30. The van der Waals surface area contributed by atoms with Crippen LogP contribution >= 0.6 is 0 Å². The molecule has 1 fully saturated rings. The first-order valence-corrected chi connectivity index (χ1v) is 11.5. The summed E-state index contributed by atoms with van der Waals surface area (Å²) in [6.07, 6.45) is -0.214. The lowest BCUT2D eigenvalue weighted by molar-refractivity contribution is 0.533. The highest BCUT2D eigenvalue weighted by atomic mass is 32.3. The third kappa shape index (κ3) is 2.97. The van der Waals surface area contributed by atoms with Crippen LogP contribution in [0.2, 0.25) is 0 Å². The molecule has 0 aliphatic heterocycles. The van der Waals surface area contributed by atoms with E-state index in [2.05, 4.69) is 13.2 Å². The van der Waals surface area contributed by atoms with Crippen molar-refractivity contribution in [1.29, 1.82) is 0 Å². The molecule has 0 heterocycles. The van der Waals surface area contributed by atoms with Gasteiger partial charge < -0.3 is 0 Å². The van der Waals surface area contributed by atoms with E-state index in [1.165, 1.54) is 24.3 Å². The van der Waals surface area contributed by atoms with Crippen LogP contribution < -0.4 is 0 Å². The Bertz CT molecular complexity index is 1010. The lowest BCUT2D eigenvalue weighted by Gasteiger charge is -2.29. The van der Waals surface area contributed by atoms with Crippen molar-refractivity contribution in [3.8, 4) is 0 Å². The minimum Gasteiger partial charge on any atom is -0.222 e. The summed E-state index contributed by atoms with van der Waals surface area (Å²) in [5.41, 5.74) is 1.30. The molecule has 0 spiro atoms. The van der Waals surface area contributed by atoms with E-state index in [1.54, 1.807) is 43.3 Å². The lowest BCUT2D eigenvalue weighted by atomic mass is 9.97. The van der Waals surface area contributed by atoms with Crippen LogP contribution in [0.25, 0.3) is 0 Å². The molecule has 1 saturated carbocycles. The zero-order valence-electron chi connectivity index (χ0n) is 15.1. The SMILES string of the molecule is C=C(C)C1CC(S(=O)(=O)c2ccccc2)(S(=O)(=O)c2ccccc2)CC1=C. The molecule has 27 heavy (non-hydrogen) atoms. The summed E-state index contributed by atoms with van der Waals surface area (Å²) < 4.78 is 52.6. The maximum Gasteiger partial charge on any atom is 0.199 e. The van der Waals surface area contributed by atoms with Crippen LogP contribution in [0.15, 0.2) is 94.8 Å². The third-order valence-corrected chi connectivity index (χ3v) is 10.9. The van der Waals surface area contributed by atoms with Gasteiger partial charge in [0.1, 0.15) is 0 Å². The number of allylic oxidation sites excluding steroid dienone is 2. The van der Waals surface area contributed by atoms with E-state index in [-0.39, 0.29) is 28.6 Å². The highest BCUT2D eigenvalue weighted by Gasteiger charge is 2.60. The minimum atomic E-state index is -4.20. The molecule has 1 aliphatic rings. The van der Waals surface area contributed by atoms with Crippen molar-refractivity contribution in [2.24, 2.45) is 5.92 Å². The first-order valence-electron chi connectivity index (χ1n) is 8.56. The molecule has 2 aromatic carbocycles. The van der Waals surface area contributed by atoms with Crippen LogP contribution in [-0.2, 0) is 19.7 Å². The summed E-state index contributed by atoms with van der Waals surface area (Å²) >= 11 is 0. The molecule has 0 amide bonds. The molecule has 0 aromatic heterocycles. The lowest BCUT2D eigenvalue weighted by Crippen LogP contribution is -2.44. The molecule has 4 nitrogen and oxygen atoms in total. The van der Waals surface area contributed by atoms with Crippen LogP contribution in [0.1, 0.15) is 19.8 Å². The normalized spacial score (nSPS) is 19.7. The predicted octanol–water partition coefficient (Wildman–Crippen LogP) is 4.17. The van der Waals surface area contributed by atoms with Gasteiger partial charge in [0.15, 0.2) is 23.8 Å². The van der Waals surface area contributed by atoms with Gasteiger partial charge in [0.25, 0.3) is 0 Å². The van der Waals surface area contributed by atoms with Gasteiger partial charge in [0, 0.05) is 12.3 Å². The van der Waals surface area contributed by atoms with Crippen LogP contribution in [0.4, 0.5) is 0 Å². The maximum absolute atomic E-state index is 13.6. The van der Waals surface area contributed by atoms with Crippen molar-refractivity contribution in [2.75, 3.05) is 0 Å². The van der Waals surface area contributed by atoms with Gasteiger partial charge in [0.2, 0.25) is 0 Å². The van der Waals surface area contributed by atoms with E-state index >= 15 is 0 Å². The summed E-state index contributed by atoms with van der Waals surface area (Å²) in [5.74, 6) is -0.359. The van der Waals surface area contributed by atoms with Crippen molar-refractivity contribution in [1.82, 2.24) is 0 Å². The summed E-state index contributed by atoms with van der Waals surface area (Å²) in [6, 6.07) is 15.5. The molecule has 0 radical (unpaired) electrons. The second kappa shape index (κ2) is 6.77. The summed E-state index contributed by atoms with van der Waals surface area (Å²) in [5, 5.41) is 0. The molecule has 2 aromatic rings. The van der Waals surface area contributed by atoms with Crippen molar-refractivity contribution < 1.29 is 16.8 Å². The van der Waals surface area contributed by atoms with E-state index in [1.807, 2.05) is 0 Å². The molecule has 142 valence electrons. The van der Waals surface area contributed by atoms with Crippen LogP contribution in [-0.4, -0.2) is 20.9 Å². The van der Waals surface area contributed by atoms with Gasteiger partial charge in [-0.2, -0.15) is 0 Å². The molecule has 6 heteroatoms. The molecular formula is C21H22O4S2. The van der Waals surface area contributed by atoms with E-state index in [9.17, 15) is 16.8 Å². The zero-order valence-corrected chi connectivity index (χ0v) is 16.8. The van der Waals surface area contributed by atoms with Crippen molar-refractivity contribution in [3.05, 3.63) is 85.0 Å². The van der Waals surface area contributed by atoms with Gasteiger partial charge >= 0.3 is 0 Å². The molecule has 1 unspecified atom stereocenters. The predicted molar refractivity (Wildman–Crippen MR) is 107 cm³/mol. The Morgan fingerprint density at radius 1 is 0.889 bits per heavy atom. The Kier molecular flexibility index (Phi) is 4.91. The fraction of sp³-hybridized carbons (Fsp3) is 0.238. The molecule has 0 bridgehead atoms. The van der Waals surface area contributed by atoms with Crippen LogP contribution in [0, 0.1) is 5.92 Å². The molecule has 0 N–H and O–H groups in total. The van der Waals surface area contributed by atoms with Crippen molar-refractivity contribution >= 4 is 19.7 Å². The Hall–Kier alpha value is -2.18. The number of hydrogen-bond donors (Lipinski definition) is 0. The molecule has 0 saturated heterocycles. The number of sulfone groups is 2. The number of rotatable bonds is 5. The first-order chi connectivity index (χ1) is 12.6. The average molecular weight is 403 g/mol. The number of hydrogen-bond acceptors (Lipinski definition) is 4. The average Bonchev–Trinajstić information content (AvgIpc) is 3.03. The third-order valence-electron chi connectivity index (χ3n) is 5.19. The monoisotopic (exact) mass is 402 g/mol. The van der Waals surface area contributed by atoms with Gasteiger partial charge in [0.05, 0.1) is 9.79 Å². The highest BCUT2D eigenvalue weighted by molar-refractivity contribution is 8.10. The standard InChI is InChI=1S/C21H22O4S2/c1-16(2)20-15-21(14-17(20)3,26(22,23)18-10-6-4-7-11-18)27(24,25)19-12-8-5-9-13-19/h4-13,20H,1,3,14-15H2,2H3. The second-order valence-electron chi connectivity index (χ2n) is 6.98. The fourth-order valence-electron chi connectivity index (χ4n) is 3.70. The highest BCUT2D eigenvalue weighted by Crippen LogP contribution is 2.52. The summed E-state index contributed by atoms with van der Waals surface area (Å²) in [4.78, 5) is -0.000608. The Labute approximate surface area is 161 Å². The van der Waals surface area contributed by atoms with Crippen LogP contribution in [0.3, 0.4) is 0 Å². The first kappa shape index (κ1) is 19.6. The topological polar surface area (TPSA) is 68.3 Å². The maximum atomic E-state index is 13.6. The van der Waals surface area contributed by atoms with Gasteiger partial charge in [-0.3, -0.25) is 0 Å². The fourth-order valence-corrected chi connectivity index (χ4v) is 8.85. The van der Waals surface area contributed by atoms with Gasteiger partial charge in [-0.25, -0.2) is 16.8 Å². The Morgan fingerprint density at radius 3 is 1.63 bits per heavy atom. The molecule has 1 aliphatic carbocycles. The van der Waals surface area contributed by atoms with Crippen molar-refractivity contribution in [2.45, 2.75) is 33.6 Å². The van der Waals surface area contributed by atoms with E-state index in [0.717, 1.165) is 0 Å². The van der Waals surface area contributed by atoms with E-state index < -0.39 is 23.8 Å². The van der Waals surface area contributed by atoms with Gasteiger partial charge in [-0.05, 0) is 37.6 Å². The second-order valence-corrected chi connectivity index (χ2v) is 11.8. The van der Waals surface area contributed by atoms with E-state index in [0.29, 0.717) is 11.1 Å². The molecule has 3 rings (SSSR count). The number of benzene rings is 2. The van der Waals surface area contributed by atoms with Crippen LogP contribution in [0.5, 0.6) is 0 Å². The largest absolute Gasteiger partial charge is 0.222 e. The summed E-state index contributed by atoms with van der Waals surface area (Å²) in [6.45, 7) is 9.66. The smallest absolute Gasteiger partial charge is 0.199 e. The van der Waals surface area contributed by atoms with Crippen molar-refractivity contribution in [3.63, 3.8) is 0 Å².